The third-order valence-corrected chi connectivity index (χ3v) is 2.27. The monoisotopic (exact) mass is 277 g/mol. The first-order chi connectivity index (χ1) is 8.97. The molecule has 0 radical (unpaired) electrons. The van der Waals surface area contributed by atoms with Crippen molar-refractivity contribution in [1.29, 1.82) is 0 Å². The second kappa shape index (κ2) is 7.16. The van der Waals surface area contributed by atoms with Crippen molar-refractivity contribution >= 4 is 5.95 Å². The first-order valence-corrected chi connectivity index (χ1v) is 6.30. The lowest BCUT2D eigenvalue weighted by Gasteiger charge is -2.11. The smallest absolute Gasteiger partial charge is 0.433 e. The van der Waals surface area contributed by atoms with Crippen molar-refractivity contribution in [3.63, 3.8) is 0 Å². The summed E-state index contributed by atoms with van der Waals surface area (Å²) in [5.74, 6) is -0.0995. The predicted octanol–water partition coefficient (Wildman–Crippen LogP) is 3.50. The molecule has 1 aromatic rings. The third kappa shape index (κ3) is 5.32. The van der Waals surface area contributed by atoms with Crippen LogP contribution in [0.25, 0.3) is 0 Å². The standard InChI is InChI=1S/C12H18F3N3O/c1-3-5-7-19-10-8-9(12(13,14)15)17-11(18-10)16-6-4-2/h8H,3-7H2,1-2H3,(H,16,17,18). The zero-order valence-electron chi connectivity index (χ0n) is 11.0. The van der Waals surface area contributed by atoms with Gasteiger partial charge in [-0.1, -0.05) is 20.3 Å². The van der Waals surface area contributed by atoms with Crippen LogP contribution in [0.5, 0.6) is 5.88 Å². The van der Waals surface area contributed by atoms with E-state index in [1.165, 1.54) is 0 Å². The number of ether oxygens (including phenoxy) is 1. The fourth-order valence-electron chi connectivity index (χ4n) is 1.28. The molecule has 1 heterocycles. The lowest BCUT2D eigenvalue weighted by Crippen LogP contribution is -2.13. The van der Waals surface area contributed by atoms with E-state index in [2.05, 4.69) is 15.3 Å². The predicted molar refractivity (Wildman–Crippen MR) is 66.2 cm³/mol. The Hall–Kier alpha value is -1.53. The van der Waals surface area contributed by atoms with Crippen LogP contribution in [0.2, 0.25) is 0 Å². The van der Waals surface area contributed by atoms with Crippen LogP contribution in [-0.2, 0) is 6.18 Å². The quantitative estimate of drug-likeness (QED) is 0.775. The van der Waals surface area contributed by atoms with Gasteiger partial charge in [-0.3, -0.25) is 0 Å². The molecule has 0 unspecified atom stereocenters. The molecular weight excluding hydrogens is 259 g/mol. The molecule has 0 fully saturated rings. The Bertz CT molecular complexity index is 396. The number of unbranched alkanes of at least 4 members (excludes halogenated alkanes) is 1. The average Bonchev–Trinajstić information content (AvgIpc) is 2.35. The second-order valence-electron chi connectivity index (χ2n) is 4.04. The largest absolute Gasteiger partial charge is 0.478 e. The highest BCUT2D eigenvalue weighted by Gasteiger charge is 2.34. The van der Waals surface area contributed by atoms with E-state index in [0.29, 0.717) is 13.2 Å². The average molecular weight is 277 g/mol. The molecule has 19 heavy (non-hydrogen) atoms. The summed E-state index contributed by atoms with van der Waals surface area (Å²) in [6, 6.07) is 0.826. The lowest BCUT2D eigenvalue weighted by atomic mass is 10.3. The van der Waals surface area contributed by atoms with Gasteiger partial charge in [0.15, 0.2) is 5.69 Å². The Labute approximate surface area is 110 Å². The van der Waals surface area contributed by atoms with E-state index in [9.17, 15) is 13.2 Å². The van der Waals surface area contributed by atoms with Crippen molar-refractivity contribution in [2.24, 2.45) is 0 Å². The first kappa shape index (κ1) is 15.5. The summed E-state index contributed by atoms with van der Waals surface area (Å²) in [7, 11) is 0. The molecular formula is C12H18F3N3O. The minimum Gasteiger partial charge on any atom is -0.478 e. The number of rotatable bonds is 7. The van der Waals surface area contributed by atoms with Gasteiger partial charge in [0.05, 0.1) is 6.61 Å². The van der Waals surface area contributed by atoms with Crippen LogP contribution in [0.1, 0.15) is 38.8 Å². The Morgan fingerprint density at radius 2 is 1.95 bits per heavy atom. The number of alkyl halides is 3. The molecule has 108 valence electrons. The van der Waals surface area contributed by atoms with Crippen LogP contribution in [0.15, 0.2) is 6.07 Å². The van der Waals surface area contributed by atoms with Crippen LogP contribution in [0.4, 0.5) is 19.1 Å². The number of anilines is 1. The van der Waals surface area contributed by atoms with Crippen molar-refractivity contribution in [3.05, 3.63) is 11.8 Å². The minimum absolute atomic E-state index is 0.0469. The summed E-state index contributed by atoms with van der Waals surface area (Å²) < 4.78 is 43.3. The maximum Gasteiger partial charge on any atom is 0.433 e. The summed E-state index contributed by atoms with van der Waals surface area (Å²) in [5.41, 5.74) is -0.993. The van der Waals surface area contributed by atoms with E-state index in [1.54, 1.807) is 0 Å². The van der Waals surface area contributed by atoms with E-state index in [4.69, 9.17) is 4.74 Å². The van der Waals surface area contributed by atoms with Crippen LogP contribution in [0, 0.1) is 0 Å². The molecule has 0 aliphatic rings. The SMILES string of the molecule is CCCCOc1cc(C(F)(F)F)nc(NCCC)n1. The number of nitrogens with one attached hydrogen (secondary N) is 1. The third-order valence-electron chi connectivity index (χ3n) is 2.27. The van der Waals surface area contributed by atoms with Gasteiger partial charge in [-0.2, -0.15) is 18.2 Å². The highest BCUT2D eigenvalue weighted by Crippen LogP contribution is 2.30. The van der Waals surface area contributed by atoms with Crippen molar-refractivity contribution in [3.8, 4) is 5.88 Å². The molecule has 7 heteroatoms. The number of halogens is 3. The minimum atomic E-state index is -4.51. The van der Waals surface area contributed by atoms with Gasteiger partial charge in [-0.25, -0.2) is 4.98 Å². The van der Waals surface area contributed by atoms with Gasteiger partial charge in [0, 0.05) is 12.6 Å². The molecule has 1 N–H and O–H groups in total. The summed E-state index contributed by atoms with van der Waals surface area (Å²) in [4.78, 5) is 7.35. The van der Waals surface area contributed by atoms with Crippen LogP contribution < -0.4 is 10.1 Å². The van der Waals surface area contributed by atoms with Gasteiger partial charge in [0.2, 0.25) is 11.8 Å². The molecule has 4 nitrogen and oxygen atoms in total. The zero-order valence-corrected chi connectivity index (χ0v) is 11.0. The number of nitrogens with zero attached hydrogens (tertiary/aromatic N) is 2. The second-order valence-corrected chi connectivity index (χ2v) is 4.04. The number of hydrogen-bond donors (Lipinski definition) is 1. The fraction of sp³-hybridized carbons (Fsp3) is 0.667. The van der Waals surface area contributed by atoms with Crippen LogP contribution in [-0.4, -0.2) is 23.1 Å². The lowest BCUT2D eigenvalue weighted by molar-refractivity contribution is -0.141. The number of hydrogen-bond acceptors (Lipinski definition) is 4. The molecule has 0 saturated heterocycles. The van der Waals surface area contributed by atoms with E-state index in [0.717, 1.165) is 25.3 Å². The summed E-state index contributed by atoms with van der Waals surface area (Å²) >= 11 is 0. The molecule has 0 aromatic carbocycles. The van der Waals surface area contributed by atoms with E-state index < -0.39 is 11.9 Å². The highest BCUT2D eigenvalue weighted by atomic mass is 19.4. The van der Waals surface area contributed by atoms with Gasteiger partial charge in [-0.05, 0) is 12.8 Å². The van der Waals surface area contributed by atoms with Crippen molar-refractivity contribution in [2.75, 3.05) is 18.5 Å². The molecule has 0 aliphatic heterocycles. The van der Waals surface area contributed by atoms with E-state index in [1.807, 2.05) is 13.8 Å². The molecule has 0 atom stereocenters. The van der Waals surface area contributed by atoms with E-state index in [-0.39, 0.29) is 11.8 Å². The van der Waals surface area contributed by atoms with Gasteiger partial charge < -0.3 is 10.1 Å². The molecule has 0 amide bonds. The Balaban J connectivity index is 2.89. The number of aromatic nitrogens is 2. The molecule has 1 rings (SSSR count). The Morgan fingerprint density at radius 3 is 2.53 bits per heavy atom. The zero-order chi connectivity index (χ0) is 14.3. The molecule has 0 saturated carbocycles. The summed E-state index contributed by atoms with van der Waals surface area (Å²) in [6.07, 6.45) is -2.07. The maximum atomic E-state index is 12.7. The van der Waals surface area contributed by atoms with Crippen molar-refractivity contribution < 1.29 is 17.9 Å². The van der Waals surface area contributed by atoms with Gasteiger partial charge >= 0.3 is 6.18 Å². The Kier molecular flexibility index (Phi) is 5.85. The topological polar surface area (TPSA) is 47.0 Å². The van der Waals surface area contributed by atoms with Crippen LogP contribution >= 0.6 is 0 Å². The van der Waals surface area contributed by atoms with Crippen LogP contribution in [0.3, 0.4) is 0 Å². The summed E-state index contributed by atoms with van der Waals surface area (Å²) in [5, 5.41) is 2.74. The first-order valence-electron chi connectivity index (χ1n) is 6.30. The van der Waals surface area contributed by atoms with Crippen molar-refractivity contribution in [2.45, 2.75) is 39.3 Å². The Morgan fingerprint density at radius 1 is 1.21 bits per heavy atom. The van der Waals surface area contributed by atoms with Gasteiger partial charge in [-0.15, -0.1) is 0 Å². The fourth-order valence-corrected chi connectivity index (χ4v) is 1.28. The molecule has 0 bridgehead atoms. The highest BCUT2D eigenvalue weighted by molar-refractivity contribution is 5.31. The molecule has 1 aromatic heterocycles. The summed E-state index contributed by atoms with van der Waals surface area (Å²) in [6.45, 7) is 4.73. The van der Waals surface area contributed by atoms with E-state index >= 15 is 0 Å². The normalized spacial score (nSPS) is 11.4. The van der Waals surface area contributed by atoms with Crippen molar-refractivity contribution in [1.82, 2.24) is 9.97 Å². The maximum absolute atomic E-state index is 12.7. The molecule has 0 aliphatic carbocycles. The van der Waals surface area contributed by atoms with Gasteiger partial charge in [0.1, 0.15) is 0 Å². The van der Waals surface area contributed by atoms with Gasteiger partial charge in [0.25, 0.3) is 0 Å². The molecule has 0 spiro atoms.